The highest BCUT2D eigenvalue weighted by molar-refractivity contribution is 7.92. The summed E-state index contributed by atoms with van der Waals surface area (Å²) in [7, 11) is -4.42. The average molecular weight is 568 g/mol. The molecule has 0 aliphatic rings. The van der Waals surface area contributed by atoms with Gasteiger partial charge < -0.3 is 4.74 Å². The Bertz CT molecular complexity index is 1370. The van der Waals surface area contributed by atoms with Gasteiger partial charge in [-0.3, -0.25) is 9.10 Å². The van der Waals surface area contributed by atoms with Crippen molar-refractivity contribution in [3.63, 3.8) is 0 Å². The fraction of sp³-hybridized carbons (Fsp3) is 0.231. The van der Waals surface area contributed by atoms with E-state index < -0.39 is 39.2 Å². The number of nitrogens with one attached hydrogen (secondary N) is 1. The largest absolute Gasteiger partial charge is 0.494 e. The maximum absolute atomic E-state index is 13.4. The van der Waals surface area contributed by atoms with Gasteiger partial charge in [-0.1, -0.05) is 43.1 Å². The first kappa shape index (κ1) is 29.0. The lowest BCUT2D eigenvalue weighted by Crippen LogP contribution is -2.39. The zero-order chi connectivity index (χ0) is 27.8. The summed E-state index contributed by atoms with van der Waals surface area (Å²) in [4.78, 5) is 12.4. The molecule has 7 nitrogen and oxygen atoms in total. The summed E-state index contributed by atoms with van der Waals surface area (Å²) < 4.78 is 73.1. The third-order valence-electron chi connectivity index (χ3n) is 5.21. The Kier molecular flexibility index (Phi) is 9.76. The van der Waals surface area contributed by atoms with Crippen LogP contribution in [0.3, 0.4) is 0 Å². The first-order valence-corrected chi connectivity index (χ1v) is 13.3. The first-order chi connectivity index (χ1) is 18.0. The van der Waals surface area contributed by atoms with Gasteiger partial charge >= 0.3 is 6.18 Å². The topological polar surface area (TPSA) is 88.1 Å². The molecule has 1 N–H and O–H groups in total. The molecule has 0 fully saturated rings. The third-order valence-corrected chi connectivity index (χ3v) is 7.33. The summed E-state index contributed by atoms with van der Waals surface area (Å²) in [5.41, 5.74) is 1.23. The van der Waals surface area contributed by atoms with Gasteiger partial charge in [-0.05, 0) is 66.6 Å². The first-order valence-electron chi connectivity index (χ1n) is 11.5. The van der Waals surface area contributed by atoms with Crippen molar-refractivity contribution in [3.05, 3.63) is 88.9 Å². The predicted molar refractivity (Wildman–Crippen MR) is 140 cm³/mol. The number of carbonyl (C=O) groups excluding carboxylic acids is 1. The van der Waals surface area contributed by atoms with E-state index in [9.17, 15) is 26.4 Å². The number of hydrogen-bond acceptors (Lipinski definition) is 5. The molecular formula is C26H25ClF3N3O4S. The van der Waals surface area contributed by atoms with E-state index in [2.05, 4.69) is 17.5 Å². The minimum atomic E-state index is -4.83. The second kappa shape index (κ2) is 12.8. The lowest BCUT2D eigenvalue weighted by molar-refractivity contribution is -0.137. The summed E-state index contributed by atoms with van der Waals surface area (Å²) in [6, 6.07) is 16.6. The molecule has 0 aliphatic carbocycles. The molecule has 3 aromatic carbocycles. The normalized spacial score (nSPS) is 11.9. The van der Waals surface area contributed by atoms with Gasteiger partial charge in [0.25, 0.3) is 15.9 Å². The van der Waals surface area contributed by atoms with E-state index in [-0.39, 0.29) is 10.6 Å². The third kappa shape index (κ3) is 7.72. The van der Waals surface area contributed by atoms with E-state index in [1.165, 1.54) is 30.5 Å². The average Bonchev–Trinajstić information content (AvgIpc) is 2.88. The van der Waals surface area contributed by atoms with Crippen LogP contribution in [-0.4, -0.2) is 33.7 Å². The maximum atomic E-state index is 13.4. The zero-order valence-corrected chi connectivity index (χ0v) is 21.9. The van der Waals surface area contributed by atoms with Crippen LogP contribution in [0.15, 0.2) is 82.8 Å². The van der Waals surface area contributed by atoms with Gasteiger partial charge in [0.1, 0.15) is 12.3 Å². The molecular weight excluding hydrogens is 543 g/mol. The van der Waals surface area contributed by atoms with Crippen LogP contribution in [0.5, 0.6) is 5.75 Å². The smallest absolute Gasteiger partial charge is 0.417 e. The number of carbonyl (C=O) groups is 1. The second-order valence-corrected chi connectivity index (χ2v) is 10.3. The highest BCUT2D eigenvalue weighted by Crippen LogP contribution is 2.38. The van der Waals surface area contributed by atoms with Crippen molar-refractivity contribution >= 4 is 39.4 Å². The molecule has 0 aromatic heterocycles. The summed E-state index contributed by atoms with van der Waals surface area (Å²) in [5, 5.41) is 3.23. The Morgan fingerprint density at radius 3 is 2.39 bits per heavy atom. The molecule has 0 radical (unpaired) electrons. The molecule has 0 atom stereocenters. The zero-order valence-electron chi connectivity index (χ0n) is 20.3. The molecule has 38 heavy (non-hydrogen) atoms. The molecule has 3 aromatic rings. The second-order valence-electron chi connectivity index (χ2n) is 8.05. The number of anilines is 1. The van der Waals surface area contributed by atoms with E-state index in [1.807, 2.05) is 0 Å². The monoisotopic (exact) mass is 567 g/mol. The minimum Gasteiger partial charge on any atom is -0.494 e. The van der Waals surface area contributed by atoms with Gasteiger partial charge in [0.2, 0.25) is 0 Å². The van der Waals surface area contributed by atoms with Crippen LogP contribution in [-0.2, 0) is 21.0 Å². The van der Waals surface area contributed by atoms with Crippen LogP contribution >= 0.6 is 11.6 Å². The number of alkyl halides is 3. The standard InChI is InChI=1S/C26H25ClF3N3O4S/c1-2-3-15-37-21-12-9-19(10-13-21)17-31-32-25(34)18-33(38(35,36)22-7-5-4-6-8-22)20-11-14-24(27)23(16-20)26(28,29)30/h4-14,16-17H,2-3,15,18H2,1H3,(H,32,34)/b31-17+. The molecule has 0 unspecified atom stereocenters. The fourth-order valence-electron chi connectivity index (χ4n) is 3.25. The number of hydrazone groups is 1. The van der Waals surface area contributed by atoms with Crippen LogP contribution in [0.1, 0.15) is 30.9 Å². The highest BCUT2D eigenvalue weighted by Gasteiger charge is 2.35. The number of ether oxygens (including phenoxy) is 1. The number of hydrogen-bond donors (Lipinski definition) is 1. The minimum absolute atomic E-state index is 0.207. The molecule has 12 heteroatoms. The summed E-state index contributed by atoms with van der Waals surface area (Å²) in [6.45, 7) is 1.82. The lowest BCUT2D eigenvalue weighted by Gasteiger charge is -2.24. The number of halogens is 4. The lowest BCUT2D eigenvalue weighted by atomic mass is 10.2. The van der Waals surface area contributed by atoms with Crippen molar-refractivity contribution in [1.29, 1.82) is 0 Å². The molecule has 3 rings (SSSR count). The van der Waals surface area contributed by atoms with Crippen molar-refractivity contribution in [3.8, 4) is 5.75 Å². The molecule has 202 valence electrons. The van der Waals surface area contributed by atoms with Crippen molar-refractivity contribution in [2.75, 3.05) is 17.5 Å². The molecule has 0 spiro atoms. The van der Waals surface area contributed by atoms with Crippen LogP contribution in [0.4, 0.5) is 18.9 Å². The molecule has 0 aliphatic heterocycles. The van der Waals surface area contributed by atoms with E-state index in [0.717, 1.165) is 25.0 Å². The van der Waals surface area contributed by atoms with Crippen LogP contribution in [0, 0.1) is 0 Å². The number of nitrogens with zero attached hydrogens (tertiary/aromatic N) is 2. The van der Waals surface area contributed by atoms with Gasteiger partial charge in [-0.25, -0.2) is 13.8 Å². The van der Waals surface area contributed by atoms with Gasteiger partial charge in [-0.15, -0.1) is 0 Å². The number of amides is 1. The molecule has 1 amide bonds. The molecule has 0 heterocycles. The van der Waals surface area contributed by atoms with Gasteiger partial charge in [0.15, 0.2) is 0 Å². The van der Waals surface area contributed by atoms with Gasteiger partial charge in [0.05, 0.1) is 34.0 Å². The Balaban J connectivity index is 1.81. The Hall–Kier alpha value is -3.57. The van der Waals surface area contributed by atoms with Crippen LogP contribution in [0.2, 0.25) is 5.02 Å². The van der Waals surface area contributed by atoms with E-state index in [1.54, 1.807) is 30.3 Å². The van der Waals surface area contributed by atoms with Crippen molar-refractivity contribution in [2.45, 2.75) is 30.8 Å². The van der Waals surface area contributed by atoms with Crippen molar-refractivity contribution in [1.82, 2.24) is 5.43 Å². The maximum Gasteiger partial charge on any atom is 0.417 e. The van der Waals surface area contributed by atoms with Crippen LogP contribution < -0.4 is 14.5 Å². The number of benzene rings is 3. The Morgan fingerprint density at radius 1 is 1.08 bits per heavy atom. The number of sulfonamides is 1. The van der Waals surface area contributed by atoms with Gasteiger partial charge in [0, 0.05) is 0 Å². The summed E-state index contributed by atoms with van der Waals surface area (Å²) in [5.74, 6) is -0.189. The van der Waals surface area contributed by atoms with Crippen molar-refractivity contribution in [2.24, 2.45) is 5.10 Å². The fourth-order valence-corrected chi connectivity index (χ4v) is 4.91. The molecule has 0 saturated carbocycles. The Morgan fingerprint density at radius 2 is 1.76 bits per heavy atom. The van der Waals surface area contributed by atoms with Crippen molar-refractivity contribution < 1.29 is 31.1 Å². The van der Waals surface area contributed by atoms with Crippen LogP contribution in [0.25, 0.3) is 0 Å². The highest BCUT2D eigenvalue weighted by atomic mass is 35.5. The molecule has 0 saturated heterocycles. The SMILES string of the molecule is CCCCOc1ccc(/C=N/NC(=O)CN(c2ccc(Cl)c(C(F)(F)F)c2)S(=O)(=O)c2ccccc2)cc1. The molecule has 0 bridgehead atoms. The summed E-state index contributed by atoms with van der Waals surface area (Å²) >= 11 is 5.70. The Labute approximate surface area is 223 Å². The summed E-state index contributed by atoms with van der Waals surface area (Å²) in [6.07, 6.45) is -1.55. The quantitative estimate of drug-likeness (QED) is 0.178. The van der Waals surface area contributed by atoms with E-state index >= 15 is 0 Å². The number of rotatable bonds is 11. The predicted octanol–water partition coefficient (Wildman–Crippen LogP) is 5.88. The van der Waals surface area contributed by atoms with E-state index in [0.29, 0.717) is 28.3 Å². The number of unbranched alkanes of at least 4 members (excludes halogenated alkanes) is 1. The van der Waals surface area contributed by atoms with E-state index in [4.69, 9.17) is 16.3 Å². The van der Waals surface area contributed by atoms with Gasteiger partial charge in [-0.2, -0.15) is 18.3 Å².